The van der Waals surface area contributed by atoms with Gasteiger partial charge in [-0.25, -0.2) is 4.39 Å². The van der Waals surface area contributed by atoms with Crippen LogP contribution in [0, 0.1) is 5.82 Å². The topological polar surface area (TPSA) is 52.6 Å². The molecule has 0 amide bonds. The monoisotopic (exact) mass is 364 g/mol. The number of ketones is 2. The van der Waals surface area contributed by atoms with Crippen LogP contribution in [0.3, 0.4) is 0 Å². The number of benzene rings is 2. The van der Waals surface area contributed by atoms with E-state index in [9.17, 15) is 14.0 Å². The van der Waals surface area contributed by atoms with E-state index < -0.39 is 5.82 Å². The van der Waals surface area contributed by atoms with Crippen molar-refractivity contribution in [1.82, 2.24) is 0 Å². The number of hydrogen-bond acceptors (Lipinski definition) is 4. The van der Waals surface area contributed by atoms with E-state index in [4.69, 9.17) is 21.1 Å². The SMILES string of the molecule is COc1cc(OC)c(C(=O)CC(C)=O)cc1Cc1cccc(Cl)c1F. The van der Waals surface area contributed by atoms with E-state index in [1.165, 1.54) is 27.2 Å². The zero-order chi connectivity index (χ0) is 18.6. The van der Waals surface area contributed by atoms with Crippen molar-refractivity contribution in [2.45, 2.75) is 19.8 Å². The highest BCUT2D eigenvalue weighted by molar-refractivity contribution is 6.30. The summed E-state index contributed by atoms with van der Waals surface area (Å²) in [4.78, 5) is 23.6. The van der Waals surface area contributed by atoms with Crippen molar-refractivity contribution in [3.8, 4) is 11.5 Å². The van der Waals surface area contributed by atoms with Crippen LogP contribution in [-0.4, -0.2) is 25.8 Å². The van der Waals surface area contributed by atoms with E-state index in [0.717, 1.165) is 0 Å². The molecule has 6 heteroatoms. The summed E-state index contributed by atoms with van der Waals surface area (Å²) < 4.78 is 24.8. The normalized spacial score (nSPS) is 10.4. The fraction of sp³-hybridized carbons (Fsp3) is 0.263. The molecule has 2 rings (SSSR count). The minimum absolute atomic E-state index is 0.0258. The molecule has 0 saturated heterocycles. The van der Waals surface area contributed by atoms with Crippen LogP contribution in [0.5, 0.6) is 11.5 Å². The van der Waals surface area contributed by atoms with Crippen molar-refractivity contribution in [2.75, 3.05) is 14.2 Å². The number of Topliss-reactive ketones (excluding diaryl/α,β-unsaturated/α-hetero) is 2. The van der Waals surface area contributed by atoms with E-state index in [1.807, 2.05) is 0 Å². The summed E-state index contributed by atoms with van der Waals surface area (Å²) in [6, 6.07) is 7.86. The van der Waals surface area contributed by atoms with Gasteiger partial charge in [0.15, 0.2) is 5.78 Å². The van der Waals surface area contributed by atoms with Crippen molar-refractivity contribution in [3.63, 3.8) is 0 Å². The van der Waals surface area contributed by atoms with Crippen LogP contribution in [0.4, 0.5) is 4.39 Å². The molecule has 0 spiro atoms. The van der Waals surface area contributed by atoms with Gasteiger partial charge in [-0.3, -0.25) is 9.59 Å². The van der Waals surface area contributed by atoms with E-state index in [2.05, 4.69) is 0 Å². The number of hydrogen-bond donors (Lipinski definition) is 0. The Morgan fingerprint density at radius 1 is 1.08 bits per heavy atom. The molecular weight excluding hydrogens is 347 g/mol. The summed E-state index contributed by atoms with van der Waals surface area (Å²) in [5, 5.41) is 0.0258. The summed E-state index contributed by atoms with van der Waals surface area (Å²) in [6.45, 7) is 1.34. The van der Waals surface area contributed by atoms with Crippen LogP contribution >= 0.6 is 11.6 Å². The molecule has 0 N–H and O–H groups in total. The van der Waals surface area contributed by atoms with Gasteiger partial charge < -0.3 is 9.47 Å². The first-order valence-corrected chi connectivity index (χ1v) is 7.95. The van der Waals surface area contributed by atoms with Gasteiger partial charge in [0.05, 0.1) is 31.2 Å². The van der Waals surface area contributed by atoms with Crippen LogP contribution in [0.2, 0.25) is 5.02 Å². The van der Waals surface area contributed by atoms with Gasteiger partial charge in [-0.15, -0.1) is 0 Å². The molecule has 2 aromatic rings. The van der Waals surface area contributed by atoms with E-state index in [1.54, 1.807) is 24.3 Å². The van der Waals surface area contributed by atoms with Gasteiger partial charge in [0, 0.05) is 12.5 Å². The fourth-order valence-electron chi connectivity index (χ4n) is 2.53. The average Bonchev–Trinajstić information content (AvgIpc) is 2.57. The van der Waals surface area contributed by atoms with Crippen LogP contribution in [0.25, 0.3) is 0 Å². The maximum Gasteiger partial charge on any atom is 0.173 e. The first kappa shape index (κ1) is 18.9. The molecule has 0 aliphatic heterocycles. The number of carbonyl (C=O) groups is 2. The molecule has 0 aromatic heterocycles. The van der Waals surface area contributed by atoms with Gasteiger partial charge in [-0.05, 0) is 30.2 Å². The largest absolute Gasteiger partial charge is 0.496 e. The molecule has 0 radical (unpaired) electrons. The quantitative estimate of drug-likeness (QED) is 0.544. The Balaban J connectivity index is 2.50. The molecule has 0 aliphatic carbocycles. The van der Waals surface area contributed by atoms with Gasteiger partial charge in [0.2, 0.25) is 0 Å². The zero-order valence-corrected chi connectivity index (χ0v) is 14.9. The number of carbonyl (C=O) groups excluding carboxylic acids is 2. The third kappa shape index (κ3) is 4.37. The first-order valence-electron chi connectivity index (χ1n) is 7.57. The van der Waals surface area contributed by atoms with Crippen molar-refractivity contribution in [1.29, 1.82) is 0 Å². The molecule has 4 nitrogen and oxygen atoms in total. The Bertz CT molecular complexity index is 817. The molecule has 0 atom stereocenters. The Labute approximate surface area is 150 Å². The maximum atomic E-state index is 14.2. The Morgan fingerprint density at radius 2 is 1.76 bits per heavy atom. The molecule has 2 aromatic carbocycles. The molecule has 0 bridgehead atoms. The predicted octanol–water partition coefficient (Wildman–Crippen LogP) is 4.25. The molecule has 0 unspecified atom stereocenters. The van der Waals surface area contributed by atoms with Gasteiger partial charge in [0.1, 0.15) is 23.1 Å². The summed E-state index contributed by atoms with van der Waals surface area (Å²) in [5.74, 6) is -0.363. The van der Waals surface area contributed by atoms with E-state index >= 15 is 0 Å². The van der Waals surface area contributed by atoms with Crippen LogP contribution in [-0.2, 0) is 11.2 Å². The highest BCUT2D eigenvalue weighted by Gasteiger charge is 2.19. The number of methoxy groups -OCH3 is 2. The van der Waals surface area contributed by atoms with Gasteiger partial charge in [0.25, 0.3) is 0 Å². The van der Waals surface area contributed by atoms with Crippen LogP contribution in [0.15, 0.2) is 30.3 Å². The minimum atomic E-state index is -0.515. The van der Waals surface area contributed by atoms with Crippen LogP contribution in [0.1, 0.15) is 34.8 Å². The highest BCUT2D eigenvalue weighted by Crippen LogP contribution is 2.32. The third-order valence-electron chi connectivity index (χ3n) is 3.72. The number of ether oxygens (including phenoxy) is 2. The van der Waals surface area contributed by atoms with E-state index in [0.29, 0.717) is 22.6 Å². The summed E-state index contributed by atoms with van der Waals surface area (Å²) in [7, 11) is 2.90. The number of rotatable bonds is 7. The van der Waals surface area contributed by atoms with Gasteiger partial charge in [-0.2, -0.15) is 0 Å². The lowest BCUT2D eigenvalue weighted by Gasteiger charge is -2.15. The first-order chi connectivity index (χ1) is 11.9. The summed E-state index contributed by atoms with van der Waals surface area (Å²) >= 11 is 5.82. The Morgan fingerprint density at radius 3 is 2.36 bits per heavy atom. The molecule has 0 saturated carbocycles. The maximum absolute atomic E-state index is 14.2. The molecule has 0 heterocycles. The smallest absolute Gasteiger partial charge is 0.173 e. The summed E-state index contributed by atoms with van der Waals surface area (Å²) in [6.07, 6.45) is -0.0480. The average molecular weight is 365 g/mol. The van der Waals surface area contributed by atoms with Gasteiger partial charge in [-0.1, -0.05) is 23.7 Å². The zero-order valence-electron chi connectivity index (χ0n) is 14.2. The van der Waals surface area contributed by atoms with Crippen molar-refractivity contribution in [3.05, 3.63) is 57.9 Å². The number of halogens is 2. The van der Waals surface area contributed by atoms with Gasteiger partial charge >= 0.3 is 0 Å². The molecule has 132 valence electrons. The predicted molar refractivity (Wildman–Crippen MR) is 93.4 cm³/mol. The van der Waals surface area contributed by atoms with Crippen molar-refractivity contribution >= 4 is 23.2 Å². The molecular formula is C19H18ClFO4. The minimum Gasteiger partial charge on any atom is -0.496 e. The Kier molecular flexibility index (Phi) is 6.15. The van der Waals surface area contributed by atoms with Crippen molar-refractivity contribution < 1.29 is 23.5 Å². The molecule has 0 aliphatic rings. The molecule has 0 fully saturated rings. The second-order valence-electron chi connectivity index (χ2n) is 5.56. The lowest BCUT2D eigenvalue weighted by Crippen LogP contribution is -2.09. The lowest BCUT2D eigenvalue weighted by atomic mass is 9.97. The standard InChI is InChI=1S/C19H18ClFO4/c1-11(22)7-16(23)14-9-13(17(24-2)10-18(14)25-3)8-12-5-4-6-15(20)19(12)21/h4-6,9-10H,7-8H2,1-3H3. The summed E-state index contributed by atoms with van der Waals surface area (Å²) in [5.41, 5.74) is 1.23. The second-order valence-corrected chi connectivity index (χ2v) is 5.96. The third-order valence-corrected chi connectivity index (χ3v) is 4.02. The Hall–Kier alpha value is -2.40. The fourth-order valence-corrected chi connectivity index (χ4v) is 2.73. The van der Waals surface area contributed by atoms with E-state index in [-0.39, 0.29) is 35.0 Å². The highest BCUT2D eigenvalue weighted by atomic mass is 35.5. The van der Waals surface area contributed by atoms with Crippen LogP contribution < -0.4 is 9.47 Å². The lowest BCUT2D eigenvalue weighted by molar-refractivity contribution is -0.116. The molecule has 25 heavy (non-hydrogen) atoms. The second kappa shape index (κ2) is 8.12. The van der Waals surface area contributed by atoms with Crippen molar-refractivity contribution in [2.24, 2.45) is 0 Å².